The smallest absolute Gasteiger partial charge is 0.430 e. The molecule has 7 nitrogen and oxygen atoms in total. The highest BCUT2D eigenvalue weighted by Crippen LogP contribution is 2.32. The van der Waals surface area contributed by atoms with Gasteiger partial charge in [-0.1, -0.05) is 47.7 Å². The first kappa shape index (κ1) is 31.5. The minimum absolute atomic E-state index is 0.187. The Kier molecular flexibility index (Phi) is 10.8. The molecule has 12 heteroatoms. The minimum Gasteiger partial charge on any atom is -0.542 e. The third kappa shape index (κ3) is 8.80. The zero-order valence-corrected chi connectivity index (χ0v) is 24.3. The predicted molar refractivity (Wildman–Crippen MR) is 157 cm³/mol. The molecular weight excluding hydrogens is 601 g/mol. The number of carboxylic acid groups (broad SMARTS) is 1. The molecule has 222 valence electrons. The van der Waals surface area contributed by atoms with Gasteiger partial charge in [0.05, 0.1) is 21.1 Å². The Morgan fingerprint density at radius 2 is 1.44 bits per heavy atom. The van der Waals surface area contributed by atoms with Crippen LogP contribution in [0.25, 0.3) is 10.2 Å². The molecule has 1 heterocycles. The molecular formula is C31H25F3N2O5S2. The van der Waals surface area contributed by atoms with E-state index in [9.17, 15) is 18.0 Å². The van der Waals surface area contributed by atoms with Crippen LogP contribution in [0.4, 0.5) is 18.3 Å². The summed E-state index contributed by atoms with van der Waals surface area (Å²) >= 11 is 1.41. The third-order valence-corrected chi connectivity index (χ3v) is 8.80. The summed E-state index contributed by atoms with van der Waals surface area (Å²) in [5, 5.41) is 12.3. The molecule has 5 rings (SSSR count). The Balaban J connectivity index is 0.000000541. The van der Waals surface area contributed by atoms with E-state index in [0.717, 1.165) is 15.1 Å². The zero-order valence-electron chi connectivity index (χ0n) is 22.7. The number of fused-ring (bicyclic) bond motifs is 1. The lowest BCUT2D eigenvalue weighted by atomic mass is 10.2. The summed E-state index contributed by atoms with van der Waals surface area (Å²) in [5.41, 5.74) is 1.40. The van der Waals surface area contributed by atoms with Crippen LogP contribution in [0.2, 0.25) is 0 Å². The maximum absolute atomic E-state index is 13.0. The number of nitrogens with one attached hydrogen (secondary N) is 1. The highest BCUT2D eigenvalue weighted by Gasteiger charge is 2.29. The molecule has 1 amide bonds. The molecule has 0 unspecified atom stereocenters. The summed E-state index contributed by atoms with van der Waals surface area (Å²) in [6.45, 7) is 2.72. The van der Waals surface area contributed by atoms with E-state index in [1.54, 1.807) is 0 Å². The van der Waals surface area contributed by atoms with Gasteiger partial charge in [0.1, 0.15) is 11.7 Å². The lowest BCUT2D eigenvalue weighted by Gasteiger charge is -2.08. The monoisotopic (exact) mass is 626 g/mol. The Morgan fingerprint density at radius 1 is 0.884 bits per heavy atom. The zero-order chi connectivity index (χ0) is 30.8. The van der Waals surface area contributed by atoms with Crippen LogP contribution in [0.1, 0.15) is 17.3 Å². The number of thiazole rings is 1. The summed E-state index contributed by atoms with van der Waals surface area (Å²) in [4.78, 5) is 29.9. The number of aromatic nitrogens is 1. The van der Waals surface area contributed by atoms with Crippen molar-refractivity contribution < 1.29 is 37.3 Å². The first-order valence-electron chi connectivity index (χ1n) is 12.8. The van der Waals surface area contributed by atoms with E-state index in [1.165, 1.54) is 21.1 Å². The van der Waals surface area contributed by atoms with Gasteiger partial charge in [-0.2, -0.15) is 13.2 Å². The summed E-state index contributed by atoms with van der Waals surface area (Å²) < 4.78 is 43.3. The van der Waals surface area contributed by atoms with Crippen LogP contribution in [0, 0.1) is 0 Å². The number of benzene rings is 4. The van der Waals surface area contributed by atoms with E-state index in [4.69, 9.17) is 19.4 Å². The van der Waals surface area contributed by atoms with Gasteiger partial charge in [-0.3, -0.25) is 10.1 Å². The van der Waals surface area contributed by atoms with Gasteiger partial charge in [-0.25, -0.2) is 4.98 Å². The van der Waals surface area contributed by atoms with E-state index in [1.807, 2.05) is 61.5 Å². The van der Waals surface area contributed by atoms with Crippen LogP contribution < -0.4 is 15.2 Å². The molecule has 0 spiro atoms. The number of alkyl halides is 3. The number of rotatable bonds is 9. The second-order valence-corrected chi connectivity index (χ2v) is 11.7. The van der Waals surface area contributed by atoms with E-state index < -0.39 is 12.1 Å². The summed E-state index contributed by atoms with van der Waals surface area (Å²) in [7, 11) is -0.253. The molecule has 0 atom stereocenters. The van der Waals surface area contributed by atoms with Gasteiger partial charge in [-0.05, 0) is 73.7 Å². The van der Waals surface area contributed by atoms with Crippen LogP contribution in [0.5, 0.6) is 5.75 Å². The summed E-state index contributed by atoms with van der Waals surface area (Å²) in [6.07, 6.45) is -5.19. The van der Waals surface area contributed by atoms with Gasteiger partial charge < -0.3 is 19.4 Å². The normalized spacial score (nSPS) is 11.1. The van der Waals surface area contributed by atoms with Crippen LogP contribution in [0.3, 0.4) is 0 Å². The Bertz CT molecular complexity index is 1610. The third-order valence-electron chi connectivity index (χ3n) is 5.63. The van der Waals surface area contributed by atoms with Gasteiger partial charge in [0.2, 0.25) is 0 Å². The highest BCUT2D eigenvalue weighted by molar-refractivity contribution is 7.97. The molecule has 0 saturated carbocycles. The number of carbonyl (C=O) groups excluding carboxylic acids is 2. The number of hydrogen-bond donors (Lipinski definition) is 1. The molecule has 0 aliphatic heterocycles. The number of hydrogen-bond acceptors (Lipinski definition) is 7. The molecule has 0 fully saturated rings. The van der Waals surface area contributed by atoms with E-state index in [-0.39, 0.29) is 23.6 Å². The maximum atomic E-state index is 13.0. The van der Waals surface area contributed by atoms with Crippen molar-refractivity contribution in [1.82, 2.24) is 4.98 Å². The second-order valence-electron chi connectivity index (χ2n) is 8.60. The number of aliphatic carboxylic acids is 1. The van der Waals surface area contributed by atoms with Crippen molar-refractivity contribution in [1.29, 1.82) is 0 Å². The fourth-order valence-corrected chi connectivity index (χ4v) is 6.65. The standard InChI is InChI=1S/C29H24N2O3S2.C2HF3O2/c1-2-33-20-34-22-15-18-26-27(19-22)35-29(30-26)31-28(32)21-13-16-25(17-14-21)36(23-9-5-3-6-10-23)24-11-7-4-8-12-24;3-2(4,5)1(6)7/h3-19H,2,20H2,1H3;(H,6,7). The average molecular weight is 627 g/mol. The van der Waals surface area contributed by atoms with Crippen molar-refractivity contribution in [3.8, 4) is 5.75 Å². The molecule has 0 aliphatic rings. The number of ether oxygens (including phenoxy) is 2. The number of amides is 1. The maximum Gasteiger partial charge on any atom is 0.430 e. The molecule has 4 aromatic carbocycles. The van der Waals surface area contributed by atoms with Gasteiger partial charge >= 0.3 is 6.18 Å². The van der Waals surface area contributed by atoms with Crippen molar-refractivity contribution in [2.24, 2.45) is 0 Å². The number of anilines is 1. The molecule has 0 radical (unpaired) electrons. The molecule has 1 N–H and O–H groups in total. The van der Waals surface area contributed by atoms with Gasteiger partial charge in [0, 0.05) is 12.2 Å². The van der Waals surface area contributed by atoms with Crippen molar-refractivity contribution in [2.45, 2.75) is 27.8 Å². The van der Waals surface area contributed by atoms with Crippen LogP contribution in [-0.2, 0) is 20.4 Å². The number of carboxylic acids is 1. The lowest BCUT2D eigenvalue weighted by Crippen LogP contribution is -2.37. The van der Waals surface area contributed by atoms with E-state index >= 15 is 0 Å². The minimum atomic E-state index is -5.19. The van der Waals surface area contributed by atoms with Gasteiger partial charge in [0.15, 0.2) is 26.6 Å². The van der Waals surface area contributed by atoms with Gasteiger partial charge in [0.25, 0.3) is 5.91 Å². The number of nitrogens with zero attached hydrogens (tertiary/aromatic N) is 1. The Labute approximate surface area is 252 Å². The van der Waals surface area contributed by atoms with Crippen LogP contribution >= 0.6 is 11.3 Å². The fraction of sp³-hybridized carbons (Fsp3) is 0.129. The Hall–Kier alpha value is -4.39. The second kappa shape index (κ2) is 14.7. The van der Waals surface area contributed by atoms with Crippen molar-refractivity contribution in [3.63, 3.8) is 0 Å². The average Bonchev–Trinajstić information content (AvgIpc) is 3.40. The van der Waals surface area contributed by atoms with Crippen LogP contribution in [0.15, 0.2) is 118 Å². The molecule has 1 aromatic heterocycles. The van der Waals surface area contributed by atoms with Crippen molar-refractivity contribution >= 4 is 49.5 Å². The SMILES string of the molecule is CCOCOc1ccc2nc(NC(=O)c3ccc([S+](c4ccccc4)c4ccccc4)cc3)sc2c1.O=C([O-])C(F)(F)F. The largest absolute Gasteiger partial charge is 0.542 e. The number of halogens is 3. The quantitative estimate of drug-likeness (QED) is 0.117. The van der Waals surface area contributed by atoms with E-state index in [2.05, 4.69) is 58.8 Å². The molecule has 43 heavy (non-hydrogen) atoms. The molecule has 5 aromatic rings. The highest BCUT2D eigenvalue weighted by atomic mass is 32.2. The summed E-state index contributed by atoms with van der Waals surface area (Å²) in [5.74, 6) is -2.49. The molecule has 0 saturated heterocycles. The van der Waals surface area contributed by atoms with E-state index in [0.29, 0.717) is 23.1 Å². The molecule has 0 aliphatic carbocycles. The first-order valence-corrected chi connectivity index (χ1v) is 14.8. The topological polar surface area (TPSA) is 101 Å². The first-order chi connectivity index (χ1) is 20.7. The van der Waals surface area contributed by atoms with Gasteiger partial charge in [-0.15, -0.1) is 0 Å². The van der Waals surface area contributed by atoms with Crippen LogP contribution in [-0.4, -0.2) is 36.4 Å². The fourth-order valence-electron chi connectivity index (χ4n) is 3.67. The number of carbonyl (C=O) groups is 2. The Morgan fingerprint density at radius 3 is 1.98 bits per heavy atom. The molecule has 0 bridgehead atoms. The predicted octanol–water partition coefficient (Wildman–Crippen LogP) is 6.32. The van der Waals surface area contributed by atoms with Crippen molar-refractivity contribution in [3.05, 3.63) is 109 Å². The summed E-state index contributed by atoms with van der Waals surface area (Å²) in [6, 6.07) is 34.4. The van der Waals surface area contributed by atoms with Crippen molar-refractivity contribution in [2.75, 3.05) is 18.7 Å². The lowest BCUT2D eigenvalue weighted by molar-refractivity contribution is -0.344.